The van der Waals surface area contributed by atoms with Crippen molar-refractivity contribution in [2.24, 2.45) is 0 Å². The Labute approximate surface area is 99.0 Å². The number of carbonyl (C=O) groups is 1. The van der Waals surface area contributed by atoms with Crippen molar-refractivity contribution in [3.8, 4) is 0 Å². The van der Waals surface area contributed by atoms with Crippen LogP contribution < -0.4 is 5.32 Å². The van der Waals surface area contributed by atoms with Crippen LogP contribution in [0.25, 0.3) is 0 Å². The van der Waals surface area contributed by atoms with Gasteiger partial charge in [-0.25, -0.2) is 0 Å². The van der Waals surface area contributed by atoms with Crippen molar-refractivity contribution in [2.45, 2.75) is 32.2 Å². The third-order valence-electron chi connectivity index (χ3n) is 3.25. The Morgan fingerprint density at radius 2 is 2.25 bits per heavy atom. The average molecular weight is 227 g/mol. The van der Waals surface area contributed by atoms with E-state index in [2.05, 4.69) is 31.2 Å². The maximum Gasteiger partial charge on any atom is 0.223 e. The fourth-order valence-electron chi connectivity index (χ4n) is 2.13. The monoisotopic (exact) mass is 227 g/mol. The molecular formula is C12H25N3O. The SMILES string of the molecule is CCNCCC(=O)N1CCCC(N(C)C)C1. The molecule has 16 heavy (non-hydrogen) atoms. The molecule has 0 bridgehead atoms. The van der Waals surface area contributed by atoms with E-state index in [4.69, 9.17) is 0 Å². The second-order valence-electron chi connectivity index (χ2n) is 4.70. The second-order valence-corrected chi connectivity index (χ2v) is 4.70. The topological polar surface area (TPSA) is 35.6 Å². The van der Waals surface area contributed by atoms with E-state index in [1.807, 2.05) is 4.90 Å². The normalized spacial score (nSPS) is 21.5. The molecule has 1 N–H and O–H groups in total. The van der Waals surface area contributed by atoms with Crippen LogP contribution in [0.4, 0.5) is 0 Å². The van der Waals surface area contributed by atoms with Crippen LogP contribution in [0.5, 0.6) is 0 Å². The molecule has 1 aliphatic heterocycles. The van der Waals surface area contributed by atoms with Crippen molar-refractivity contribution < 1.29 is 4.79 Å². The lowest BCUT2D eigenvalue weighted by Crippen LogP contribution is -2.47. The minimum absolute atomic E-state index is 0.299. The minimum atomic E-state index is 0.299. The molecule has 0 aromatic heterocycles. The highest BCUT2D eigenvalue weighted by Gasteiger charge is 2.24. The molecule has 4 heteroatoms. The van der Waals surface area contributed by atoms with Gasteiger partial charge in [0.25, 0.3) is 0 Å². The van der Waals surface area contributed by atoms with Crippen molar-refractivity contribution in [3.63, 3.8) is 0 Å². The number of likely N-dealkylation sites (tertiary alicyclic amines) is 1. The first-order valence-corrected chi connectivity index (χ1v) is 6.30. The first-order valence-electron chi connectivity index (χ1n) is 6.30. The third kappa shape index (κ3) is 4.10. The molecule has 1 amide bonds. The van der Waals surface area contributed by atoms with Gasteiger partial charge in [-0.1, -0.05) is 6.92 Å². The van der Waals surface area contributed by atoms with Crippen LogP contribution >= 0.6 is 0 Å². The zero-order chi connectivity index (χ0) is 12.0. The van der Waals surface area contributed by atoms with E-state index >= 15 is 0 Å². The summed E-state index contributed by atoms with van der Waals surface area (Å²) in [4.78, 5) is 16.2. The van der Waals surface area contributed by atoms with Gasteiger partial charge in [0.2, 0.25) is 5.91 Å². The number of nitrogens with one attached hydrogen (secondary N) is 1. The zero-order valence-electron chi connectivity index (χ0n) is 10.8. The molecule has 1 aliphatic rings. The number of piperidine rings is 1. The first-order chi connectivity index (χ1) is 7.65. The van der Waals surface area contributed by atoms with E-state index in [9.17, 15) is 4.79 Å². The van der Waals surface area contributed by atoms with Gasteiger partial charge >= 0.3 is 0 Å². The van der Waals surface area contributed by atoms with Crippen molar-refractivity contribution in [1.29, 1.82) is 0 Å². The van der Waals surface area contributed by atoms with E-state index in [0.717, 1.165) is 32.6 Å². The largest absolute Gasteiger partial charge is 0.341 e. The summed E-state index contributed by atoms with van der Waals surface area (Å²) in [6, 6.07) is 0.539. The number of hydrogen-bond acceptors (Lipinski definition) is 3. The van der Waals surface area contributed by atoms with E-state index < -0.39 is 0 Å². The Morgan fingerprint density at radius 1 is 1.50 bits per heavy atom. The van der Waals surface area contributed by atoms with Crippen LogP contribution in [0.15, 0.2) is 0 Å². The third-order valence-corrected chi connectivity index (χ3v) is 3.25. The molecule has 1 rings (SSSR count). The number of nitrogens with zero attached hydrogens (tertiary/aromatic N) is 2. The molecule has 1 saturated heterocycles. The molecule has 1 atom stereocenters. The summed E-state index contributed by atoms with van der Waals surface area (Å²) < 4.78 is 0. The van der Waals surface area contributed by atoms with E-state index in [0.29, 0.717) is 18.4 Å². The molecule has 1 fully saturated rings. The van der Waals surface area contributed by atoms with Gasteiger partial charge in [-0.15, -0.1) is 0 Å². The molecule has 4 nitrogen and oxygen atoms in total. The summed E-state index contributed by atoms with van der Waals surface area (Å²) in [5.74, 6) is 0.299. The van der Waals surface area contributed by atoms with Crippen LogP contribution in [-0.2, 0) is 4.79 Å². The average Bonchev–Trinajstić information content (AvgIpc) is 2.29. The molecule has 1 unspecified atom stereocenters. The van der Waals surface area contributed by atoms with Gasteiger partial charge in [-0.05, 0) is 33.5 Å². The fourth-order valence-corrected chi connectivity index (χ4v) is 2.13. The maximum absolute atomic E-state index is 11.9. The Balaban J connectivity index is 2.32. The van der Waals surface area contributed by atoms with Crippen molar-refractivity contribution in [1.82, 2.24) is 15.1 Å². The van der Waals surface area contributed by atoms with Crippen LogP contribution in [-0.4, -0.2) is 62.0 Å². The van der Waals surface area contributed by atoms with Gasteiger partial charge in [0.05, 0.1) is 0 Å². The zero-order valence-corrected chi connectivity index (χ0v) is 10.8. The van der Waals surface area contributed by atoms with Gasteiger partial charge in [0, 0.05) is 32.1 Å². The standard InChI is InChI=1S/C12H25N3O/c1-4-13-8-7-12(16)15-9-5-6-11(10-15)14(2)3/h11,13H,4-10H2,1-3H3. The summed E-state index contributed by atoms with van der Waals surface area (Å²) in [7, 11) is 4.19. The Bertz CT molecular complexity index is 218. The van der Waals surface area contributed by atoms with Crippen LogP contribution in [0, 0.1) is 0 Å². The van der Waals surface area contributed by atoms with Crippen LogP contribution in [0.3, 0.4) is 0 Å². The van der Waals surface area contributed by atoms with E-state index in [1.165, 1.54) is 6.42 Å². The Hall–Kier alpha value is -0.610. The molecule has 0 aliphatic carbocycles. The van der Waals surface area contributed by atoms with Crippen molar-refractivity contribution in [2.75, 3.05) is 40.3 Å². The number of amides is 1. The van der Waals surface area contributed by atoms with Gasteiger partial charge in [-0.3, -0.25) is 4.79 Å². The molecule has 1 heterocycles. The summed E-state index contributed by atoms with van der Waals surface area (Å²) in [6.07, 6.45) is 2.98. The number of rotatable bonds is 5. The van der Waals surface area contributed by atoms with Crippen LogP contribution in [0.1, 0.15) is 26.2 Å². The fraction of sp³-hybridized carbons (Fsp3) is 0.917. The molecule has 0 saturated carbocycles. The van der Waals surface area contributed by atoms with Crippen molar-refractivity contribution >= 4 is 5.91 Å². The highest BCUT2D eigenvalue weighted by molar-refractivity contribution is 5.76. The Morgan fingerprint density at radius 3 is 2.88 bits per heavy atom. The molecule has 0 aromatic rings. The van der Waals surface area contributed by atoms with Crippen molar-refractivity contribution in [3.05, 3.63) is 0 Å². The highest BCUT2D eigenvalue weighted by Crippen LogP contribution is 2.14. The summed E-state index contributed by atoms with van der Waals surface area (Å²) >= 11 is 0. The van der Waals surface area contributed by atoms with Gasteiger partial charge in [0.15, 0.2) is 0 Å². The maximum atomic E-state index is 11.9. The molecule has 0 radical (unpaired) electrons. The van der Waals surface area contributed by atoms with Gasteiger partial charge < -0.3 is 15.1 Å². The molecule has 0 spiro atoms. The predicted octanol–water partition coefficient (Wildman–Crippen LogP) is 0.539. The molecular weight excluding hydrogens is 202 g/mol. The van der Waals surface area contributed by atoms with E-state index in [1.54, 1.807) is 0 Å². The molecule has 94 valence electrons. The number of carbonyl (C=O) groups excluding carboxylic acids is 1. The van der Waals surface area contributed by atoms with Gasteiger partial charge in [0.1, 0.15) is 0 Å². The summed E-state index contributed by atoms with van der Waals surface area (Å²) in [5.41, 5.74) is 0. The first kappa shape index (κ1) is 13.5. The summed E-state index contributed by atoms with van der Waals surface area (Å²) in [5, 5.41) is 3.19. The minimum Gasteiger partial charge on any atom is -0.341 e. The highest BCUT2D eigenvalue weighted by atomic mass is 16.2. The Kier molecular flexibility index (Phi) is 5.77. The lowest BCUT2D eigenvalue weighted by molar-refractivity contribution is -0.133. The number of likely N-dealkylation sites (N-methyl/N-ethyl adjacent to an activating group) is 1. The van der Waals surface area contributed by atoms with Gasteiger partial charge in [-0.2, -0.15) is 0 Å². The second kappa shape index (κ2) is 6.86. The quantitative estimate of drug-likeness (QED) is 0.696. The van der Waals surface area contributed by atoms with E-state index in [-0.39, 0.29) is 0 Å². The smallest absolute Gasteiger partial charge is 0.223 e. The summed E-state index contributed by atoms with van der Waals surface area (Å²) in [6.45, 7) is 5.65. The van der Waals surface area contributed by atoms with Crippen LogP contribution in [0.2, 0.25) is 0 Å². The lowest BCUT2D eigenvalue weighted by Gasteiger charge is -2.36. The predicted molar refractivity (Wildman–Crippen MR) is 66.4 cm³/mol. The molecule has 0 aromatic carbocycles. The lowest BCUT2D eigenvalue weighted by atomic mass is 10.0. The number of hydrogen-bond donors (Lipinski definition) is 1.